The molecule has 0 aliphatic heterocycles. The number of aromatic nitrogens is 3. The van der Waals surface area contributed by atoms with Crippen LogP contribution in [0.4, 0.5) is 0 Å². The summed E-state index contributed by atoms with van der Waals surface area (Å²) in [7, 11) is 0. The number of pyridine rings is 1. The molecule has 2 aromatic heterocycles. The number of halogens is 1. The first-order valence-electron chi connectivity index (χ1n) is 4.99. The second-order valence-electron chi connectivity index (χ2n) is 3.63. The van der Waals surface area contributed by atoms with Crippen LogP contribution < -0.4 is 5.73 Å². The summed E-state index contributed by atoms with van der Waals surface area (Å²) < 4.78 is 2.77. The standard InChI is InChI=1S/C11H11BrN4S/c1-6-9(12)7(2)16(15-6)8-4-3-5-14-10(8)11(13)17/h3-5H,1-2H3,(H2,13,17). The van der Waals surface area contributed by atoms with E-state index in [0.717, 1.165) is 21.5 Å². The summed E-state index contributed by atoms with van der Waals surface area (Å²) in [6.07, 6.45) is 1.67. The highest BCUT2D eigenvalue weighted by atomic mass is 79.9. The molecular weight excluding hydrogens is 300 g/mol. The van der Waals surface area contributed by atoms with Gasteiger partial charge in [0.25, 0.3) is 0 Å². The van der Waals surface area contributed by atoms with Gasteiger partial charge in [0.15, 0.2) is 0 Å². The van der Waals surface area contributed by atoms with Gasteiger partial charge in [-0.05, 0) is 41.9 Å². The molecule has 0 unspecified atom stereocenters. The molecule has 17 heavy (non-hydrogen) atoms. The van der Waals surface area contributed by atoms with Gasteiger partial charge in [0.2, 0.25) is 0 Å². The van der Waals surface area contributed by atoms with E-state index in [-0.39, 0.29) is 4.99 Å². The Morgan fingerprint density at radius 3 is 2.71 bits per heavy atom. The third-order valence-electron chi connectivity index (χ3n) is 2.45. The molecule has 0 saturated heterocycles. The summed E-state index contributed by atoms with van der Waals surface area (Å²) in [6.45, 7) is 3.91. The predicted octanol–water partition coefficient (Wildman–Crippen LogP) is 2.28. The number of hydrogen-bond donors (Lipinski definition) is 1. The number of nitrogens with zero attached hydrogens (tertiary/aromatic N) is 3. The van der Waals surface area contributed by atoms with Crippen LogP contribution in [0, 0.1) is 13.8 Å². The van der Waals surface area contributed by atoms with E-state index in [1.54, 1.807) is 10.9 Å². The fourth-order valence-electron chi connectivity index (χ4n) is 1.62. The smallest absolute Gasteiger partial charge is 0.124 e. The lowest BCUT2D eigenvalue weighted by atomic mass is 10.3. The SMILES string of the molecule is Cc1nn(-c2cccnc2C(N)=S)c(C)c1Br. The van der Waals surface area contributed by atoms with Crippen molar-refractivity contribution in [2.75, 3.05) is 0 Å². The van der Waals surface area contributed by atoms with Crippen molar-refractivity contribution in [2.45, 2.75) is 13.8 Å². The lowest BCUT2D eigenvalue weighted by molar-refractivity contribution is 0.826. The molecule has 0 aliphatic carbocycles. The lowest BCUT2D eigenvalue weighted by Crippen LogP contribution is -2.16. The summed E-state index contributed by atoms with van der Waals surface area (Å²) in [4.78, 5) is 4.46. The first-order valence-corrected chi connectivity index (χ1v) is 6.19. The third kappa shape index (κ3) is 2.10. The van der Waals surface area contributed by atoms with E-state index in [1.165, 1.54) is 0 Å². The van der Waals surface area contributed by atoms with Gasteiger partial charge in [0.1, 0.15) is 10.7 Å². The quantitative estimate of drug-likeness (QED) is 0.865. The number of rotatable bonds is 2. The maximum Gasteiger partial charge on any atom is 0.124 e. The van der Waals surface area contributed by atoms with Gasteiger partial charge in [-0.1, -0.05) is 12.2 Å². The van der Waals surface area contributed by atoms with Crippen molar-refractivity contribution in [2.24, 2.45) is 5.73 Å². The van der Waals surface area contributed by atoms with E-state index in [2.05, 4.69) is 26.0 Å². The number of aryl methyl sites for hydroxylation is 1. The van der Waals surface area contributed by atoms with Crippen LogP contribution in [-0.4, -0.2) is 19.8 Å². The molecule has 0 atom stereocenters. The highest BCUT2D eigenvalue weighted by molar-refractivity contribution is 9.10. The Balaban J connectivity index is 2.68. The van der Waals surface area contributed by atoms with E-state index in [0.29, 0.717) is 5.69 Å². The molecule has 0 aliphatic rings. The van der Waals surface area contributed by atoms with Crippen molar-refractivity contribution in [1.82, 2.24) is 14.8 Å². The summed E-state index contributed by atoms with van der Waals surface area (Å²) in [5.74, 6) is 0. The van der Waals surface area contributed by atoms with Crippen LogP contribution in [0.5, 0.6) is 0 Å². The molecule has 0 amide bonds. The van der Waals surface area contributed by atoms with Crippen LogP contribution in [0.2, 0.25) is 0 Å². The summed E-state index contributed by atoms with van der Waals surface area (Å²) in [5.41, 5.74) is 8.95. The lowest BCUT2D eigenvalue weighted by Gasteiger charge is -2.08. The third-order valence-corrected chi connectivity index (χ3v) is 3.79. The van der Waals surface area contributed by atoms with Gasteiger partial charge in [-0.25, -0.2) is 4.68 Å². The fourth-order valence-corrected chi connectivity index (χ4v) is 2.02. The average molecular weight is 311 g/mol. The van der Waals surface area contributed by atoms with E-state index in [4.69, 9.17) is 18.0 Å². The van der Waals surface area contributed by atoms with Gasteiger partial charge in [-0.2, -0.15) is 5.10 Å². The highest BCUT2D eigenvalue weighted by Gasteiger charge is 2.14. The van der Waals surface area contributed by atoms with Crippen LogP contribution in [-0.2, 0) is 0 Å². The van der Waals surface area contributed by atoms with Gasteiger partial charge in [0.05, 0.1) is 21.5 Å². The van der Waals surface area contributed by atoms with Gasteiger partial charge in [0, 0.05) is 6.20 Å². The summed E-state index contributed by atoms with van der Waals surface area (Å²) >= 11 is 8.49. The Hall–Kier alpha value is -1.27. The maximum absolute atomic E-state index is 5.66. The molecule has 0 fully saturated rings. The van der Waals surface area contributed by atoms with Crippen molar-refractivity contribution < 1.29 is 0 Å². The monoisotopic (exact) mass is 310 g/mol. The van der Waals surface area contributed by atoms with Crippen molar-refractivity contribution in [3.8, 4) is 5.69 Å². The average Bonchev–Trinajstić information content (AvgIpc) is 2.57. The number of hydrogen-bond acceptors (Lipinski definition) is 3. The molecular formula is C11H11BrN4S. The van der Waals surface area contributed by atoms with Crippen LogP contribution in [0.15, 0.2) is 22.8 Å². The molecule has 2 aromatic rings. The zero-order chi connectivity index (χ0) is 12.6. The van der Waals surface area contributed by atoms with Gasteiger partial charge in [-0.15, -0.1) is 0 Å². The first kappa shape index (κ1) is 12.2. The van der Waals surface area contributed by atoms with Crippen LogP contribution in [0.25, 0.3) is 5.69 Å². The van der Waals surface area contributed by atoms with Crippen LogP contribution in [0.1, 0.15) is 17.1 Å². The Morgan fingerprint density at radius 1 is 1.47 bits per heavy atom. The fraction of sp³-hybridized carbons (Fsp3) is 0.182. The molecule has 2 N–H and O–H groups in total. The normalized spacial score (nSPS) is 10.5. The Kier molecular flexibility index (Phi) is 3.26. The second-order valence-corrected chi connectivity index (χ2v) is 4.86. The maximum atomic E-state index is 5.66. The van der Waals surface area contributed by atoms with Crippen molar-refractivity contribution in [3.05, 3.63) is 39.9 Å². The first-order chi connectivity index (χ1) is 8.02. The molecule has 0 saturated carbocycles. The topological polar surface area (TPSA) is 56.7 Å². The van der Waals surface area contributed by atoms with E-state index >= 15 is 0 Å². The Labute approximate surface area is 113 Å². The van der Waals surface area contributed by atoms with Crippen molar-refractivity contribution in [1.29, 1.82) is 0 Å². The molecule has 6 heteroatoms. The summed E-state index contributed by atoms with van der Waals surface area (Å²) in [6, 6.07) is 3.73. The number of thiocarbonyl (C=S) groups is 1. The molecule has 0 spiro atoms. The van der Waals surface area contributed by atoms with Crippen LogP contribution >= 0.6 is 28.1 Å². The van der Waals surface area contributed by atoms with Gasteiger partial charge >= 0.3 is 0 Å². The molecule has 0 radical (unpaired) electrons. The molecule has 4 nitrogen and oxygen atoms in total. The molecule has 0 bridgehead atoms. The molecule has 88 valence electrons. The predicted molar refractivity (Wildman–Crippen MR) is 74.4 cm³/mol. The van der Waals surface area contributed by atoms with Crippen molar-refractivity contribution in [3.63, 3.8) is 0 Å². The molecule has 0 aromatic carbocycles. The number of nitrogens with two attached hydrogens (primary N) is 1. The minimum absolute atomic E-state index is 0.268. The van der Waals surface area contributed by atoms with Crippen molar-refractivity contribution >= 4 is 33.1 Å². The highest BCUT2D eigenvalue weighted by Crippen LogP contribution is 2.23. The second kappa shape index (κ2) is 4.54. The molecule has 2 rings (SSSR count). The van der Waals surface area contributed by atoms with Gasteiger partial charge < -0.3 is 5.73 Å². The summed E-state index contributed by atoms with van der Waals surface area (Å²) in [5, 5.41) is 4.44. The van der Waals surface area contributed by atoms with Gasteiger partial charge in [-0.3, -0.25) is 4.98 Å². The Morgan fingerprint density at radius 2 is 2.18 bits per heavy atom. The Bertz CT molecular complexity index is 591. The molecule has 2 heterocycles. The minimum atomic E-state index is 0.268. The largest absolute Gasteiger partial charge is 0.388 e. The zero-order valence-corrected chi connectivity index (χ0v) is 11.8. The zero-order valence-electron chi connectivity index (χ0n) is 9.44. The van der Waals surface area contributed by atoms with Crippen LogP contribution in [0.3, 0.4) is 0 Å². The van der Waals surface area contributed by atoms with E-state index < -0.39 is 0 Å². The minimum Gasteiger partial charge on any atom is -0.388 e. The van der Waals surface area contributed by atoms with E-state index in [1.807, 2.05) is 26.0 Å². The van der Waals surface area contributed by atoms with E-state index in [9.17, 15) is 0 Å².